The van der Waals surface area contributed by atoms with E-state index in [2.05, 4.69) is 13.5 Å². The highest BCUT2D eigenvalue weighted by Crippen LogP contribution is 2.51. The Morgan fingerprint density at radius 3 is 2.29 bits per heavy atom. The van der Waals surface area contributed by atoms with Crippen LogP contribution in [0.5, 0.6) is 5.75 Å². The van der Waals surface area contributed by atoms with Gasteiger partial charge in [0.15, 0.2) is 0 Å². The molecule has 4 rings (SSSR count). The Balaban J connectivity index is 1.20. The van der Waals surface area contributed by atoms with Crippen molar-refractivity contribution in [3.8, 4) is 5.75 Å². The third-order valence-electron chi connectivity index (χ3n) is 9.93. The fraction of sp³-hybridized carbons (Fsp3) is 0.758. The topological polar surface area (TPSA) is 9.23 Å². The van der Waals surface area contributed by atoms with E-state index in [0.29, 0.717) is 18.3 Å². The van der Waals surface area contributed by atoms with Crippen LogP contribution in [-0.2, 0) is 0 Å². The van der Waals surface area contributed by atoms with Crippen LogP contribution < -0.4 is 4.74 Å². The van der Waals surface area contributed by atoms with Gasteiger partial charge in [-0.05, 0) is 105 Å². The summed E-state index contributed by atoms with van der Waals surface area (Å²) in [5, 5.41) is 0. The van der Waals surface area contributed by atoms with Crippen LogP contribution in [-0.4, -0.2) is 6.61 Å². The van der Waals surface area contributed by atoms with Crippen LogP contribution in [0.4, 0.5) is 4.39 Å². The zero-order chi connectivity index (χ0) is 24.5. The number of ether oxygens (including phenoxy) is 1. The average Bonchev–Trinajstić information content (AvgIpc) is 2.89. The van der Waals surface area contributed by atoms with Gasteiger partial charge in [0.25, 0.3) is 0 Å². The SMILES string of the molecule is C=CCCOc1ccc(C2CCC3CC(C4CCC(CCCCCCC)CC4)CCC3C2)c(F)c1. The molecule has 0 bridgehead atoms. The molecule has 0 N–H and O–H groups in total. The lowest BCUT2D eigenvalue weighted by Crippen LogP contribution is -2.34. The summed E-state index contributed by atoms with van der Waals surface area (Å²) in [5.74, 6) is 5.67. The molecule has 0 amide bonds. The van der Waals surface area contributed by atoms with Crippen LogP contribution in [0.3, 0.4) is 0 Å². The summed E-state index contributed by atoms with van der Waals surface area (Å²) in [5.41, 5.74) is 0.926. The van der Waals surface area contributed by atoms with Crippen LogP contribution in [0.2, 0.25) is 0 Å². The van der Waals surface area contributed by atoms with Gasteiger partial charge in [0.05, 0.1) is 6.61 Å². The Labute approximate surface area is 215 Å². The van der Waals surface area contributed by atoms with Gasteiger partial charge in [-0.2, -0.15) is 0 Å². The maximum absolute atomic E-state index is 14.9. The van der Waals surface area contributed by atoms with E-state index in [1.54, 1.807) is 6.07 Å². The second-order valence-corrected chi connectivity index (χ2v) is 12.2. The molecule has 4 unspecified atom stereocenters. The van der Waals surface area contributed by atoms with Crippen molar-refractivity contribution in [3.63, 3.8) is 0 Å². The molecule has 0 heterocycles. The first-order chi connectivity index (χ1) is 17.2. The Kier molecular flexibility index (Phi) is 10.6. The lowest BCUT2D eigenvalue weighted by atomic mass is 9.60. The standard InChI is InChI=1S/C33H51FO/c1-3-5-7-8-9-10-25-11-13-26(14-12-25)27-15-16-29-23-30(18-17-28(29)22-27)32-20-19-31(24-33(32)34)35-21-6-4-2/h4,19-20,24-30H,2-3,5-18,21-23H2,1H3. The van der Waals surface area contributed by atoms with Crippen molar-refractivity contribution in [2.75, 3.05) is 6.61 Å². The molecule has 1 nitrogen and oxygen atoms in total. The van der Waals surface area contributed by atoms with Crippen molar-refractivity contribution in [2.45, 2.75) is 122 Å². The second-order valence-electron chi connectivity index (χ2n) is 12.2. The summed E-state index contributed by atoms with van der Waals surface area (Å²) in [6, 6.07) is 5.56. The number of unbranched alkanes of at least 4 members (excludes halogenated alkanes) is 4. The van der Waals surface area contributed by atoms with Crippen LogP contribution in [0.25, 0.3) is 0 Å². The number of rotatable bonds is 12. The minimum Gasteiger partial charge on any atom is -0.493 e. The van der Waals surface area contributed by atoms with Gasteiger partial charge in [-0.25, -0.2) is 4.39 Å². The van der Waals surface area contributed by atoms with Crippen molar-refractivity contribution in [2.24, 2.45) is 29.6 Å². The van der Waals surface area contributed by atoms with Crippen molar-refractivity contribution < 1.29 is 9.13 Å². The van der Waals surface area contributed by atoms with Gasteiger partial charge < -0.3 is 4.74 Å². The van der Waals surface area contributed by atoms with Crippen LogP contribution in [0, 0.1) is 35.4 Å². The Bertz CT molecular complexity index is 764. The third kappa shape index (κ3) is 7.59. The quantitative estimate of drug-likeness (QED) is 0.213. The minimum absolute atomic E-state index is 0.0691. The molecule has 196 valence electrons. The monoisotopic (exact) mass is 482 g/mol. The highest BCUT2D eigenvalue weighted by Gasteiger charge is 2.39. The van der Waals surface area contributed by atoms with Crippen LogP contribution >= 0.6 is 0 Å². The molecule has 3 fully saturated rings. The zero-order valence-electron chi connectivity index (χ0n) is 22.5. The largest absolute Gasteiger partial charge is 0.493 e. The molecule has 0 aromatic heterocycles. The number of halogens is 1. The molecule has 0 spiro atoms. The summed E-state index contributed by atoms with van der Waals surface area (Å²) in [6.07, 6.45) is 25.2. The fourth-order valence-electron chi connectivity index (χ4n) is 7.81. The minimum atomic E-state index is -0.0691. The molecule has 0 radical (unpaired) electrons. The van der Waals surface area contributed by atoms with Crippen LogP contribution in [0.15, 0.2) is 30.9 Å². The summed E-state index contributed by atoms with van der Waals surface area (Å²) in [4.78, 5) is 0. The maximum atomic E-state index is 14.9. The Morgan fingerprint density at radius 2 is 1.54 bits per heavy atom. The van der Waals surface area contributed by atoms with Gasteiger partial charge in [0, 0.05) is 6.07 Å². The fourth-order valence-corrected chi connectivity index (χ4v) is 7.81. The molecular formula is C33H51FO. The Hall–Kier alpha value is -1.31. The smallest absolute Gasteiger partial charge is 0.130 e. The van der Waals surface area contributed by atoms with E-state index >= 15 is 0 Å². The van der Waals surface area contributed by atoms with E-state index in [1.807, 2.05) is 18.2 Å². The summed E-state index contributed by atoms with van der Waals surface area (Å²) in [7, 11) is 0. The van der Waals surface area contributed by atoms with Crippen LogP contribution in [0.1, 0.15) is 128 Å². The summed E-state index contributed by atoms with van der Waals surface area (Å²) in [6.45, 7) is 6.59. The van der Waals surface area contributed by atoms with Crippen molar-refractivity contribution >= 4 is 0 Å². The van der Waals surface area contributed by atoms with Crippen molar-refractivity contribution in [1.29, 1.82) is 0 Å². The number of hydrogen-bond acceptors (Lipinski definition) is 1. The predicted molar refractivity (Wildman–Crippen MR) is 146 cm³/mol. The zero-order valence-corrected chi connectivity index (χ0v) is 22.5. The molecular weight excluding hydrogens is 431 g/mol. The highest BCUT2D eigenvalue weighted by molar-refractivity contribution is 5.31. The third-order valence-corrected chi connectivity index (χ3v) is 9.93. The van der Waals surface area contributed by atoms with Gasteiger partial charge in [-0.1, -0.05) is 70.4 Å². The number of fused-ring (bicyclic) bond motifs is 1. The summed E-state index contributed by atoms with van der Waals surface area (Å²) >= 11 is 0. The molecule has 2 heteroatoms. The van der Waals surface area contributed by atoms with E-state index in [-0.39, 0.29) is 5.82 Å². The maximum Gasteiger partial charge on any atom is 0.130 e. The van der Waals surface area contributed by atoms with E-state index in [1.165, 1.54) is 96.3 Å². The van der Waals surface area contributed by atoms with Gasteiger partial charge in [0.1, 0.15) is 11.6 Å². The van der Waals surface area contributed by atoms with Crippen molar-refractivity contribution in [3.05, 3.63) is 42.2 Å². The van der Waals surface area contributed by atoms with Gasteiger partial charge in [-0.3, -0.25) is 0 Å². The van der Waals surface area contributed by atoms with Gasteiger partial charge in [-0.15, -0.1) is 6.58 Å². The number of benzene rings is 1. The average molecular weight is 483 g/mol. The summed E-state index contributed by atoms with van der Waals surface area (Å²) < 4.78 is 20.6. The highest BCUT2D eigenvalue weighted by atomic mass is 19.1. The molecule has 1 aromatic carbocycles. The first-order valence-electron chi connectivity index (χ1n) is 15.2. The molecule has 0 aliphatic heterocycles. The lowest BCUT2D eigenvalue weighted by molar-refractivity contribution is 0.0706. The predicted octanol–water partition coefficient (Wildman–Crippen LogP) is 10.2. The molecule has 1 aromatic rings. The van der Waals surface area contributed by atoms with Crippen molar-refractivity contribution in [1.82, 2.24) is 0 Å². The van der Waals surface area contributed by atoms with E-state index in [9.17, 15) is 4.39 Å². The lowest BCUT2D eigenvalue weighted by Gasteiger charge is -2.45. The molecule has 3 aliphatic carbocycles. The van der Waals surface area contributed by atoms with E-state index in [0.717, 1.165) is 48.0 Å². The number of hydrogen-bond donors (Lipinski definition) is 0. The first-order valence-corrected chi connectivity index (χ1v) is 15.2. The second kappa shape index (κ2) is 13.8. The van der Waals surface area contributed by atoms with E-state index in [4.69, 9.17) is 4.74 Å². The molecule has 0 saturated heterocycles. The first kappa shape index (κ1) is 26.7. The van der Waals surface area contributed by atoms with Gasteiger partial charge >= 0.3 is 0 Å². The Morgan fingerprint density at radius 1 is 0.857 bits per heavy atom. The normalized spacial score (nSPS) is 31.0. The molecule has 4 atom stereocenters. The van der Waals surface area contributed by atoms with Gasteiger partial charge in [0.2, 0.25) is 0 Å². The van der Waals surface area contributed by atoms with E-state index < -0.39 is 0 Å². The molecule has 3 saturated carbocycles. The molecule has 35 heavy (non-hydrogen) atoms. The molecule has 3 aliphatic rings.